The number of benzene rings is 1. The SMILES string of the molecule is Cc1nn(C)c(CNc2cc(Cl)cc(Cl)c2)c1Br. The Morgan fingerprint density at radius 1 is 1.28 bits per heavy atom. The predicted molar refractivity (Wildman–Crippen MR) is 79.4 cm³/mol. The van der Waals surface area contributed by atoms with Crippen LogP contribution in [0.3, 0.4) is 0 Å². The molecule has 18 heavy (non-hydrogen) atoms. The first-order valence-corrected chi connectivity index (χ1v) is 6.90. The molecule has 6 heteroatoms. The summed E-state index contributed by atoms with van der Waals surface area (Å²) in [5.74, 6) is 0. The molecule has 0 amide bonds. The second-order valence-electron chi connectivity index (χ2n) is 3.98. The van der Waals surface area contributed by atoms with Crippen LogP contribution in [-0.2, 0) is 13.6 Å². The molecule has 0 spiro atoms. The van der Waals surface area contributed by atoms with Crippen LogP contribution in [0, 0.1) is 6.92 Å². The van der Waals surface area contributed by atoms with Gasteiger partial charge in [-0.25, -0.2) is 0 Å². The largest absolute Gasteiger partial charge is 0.379 e. The van der Waals surface area contributed by atoms with Crippen molar-refractivity contribution in [1.82, 2.24) is 9.78 Å². The fraction of sp³-hybridized carbons (Fsp3) is 0.250. The van der Waals surface area contributed by atoms with Gasteiger partial charge in [0.2, 0.25) is 0 Å². The minimum Gasteiger partial charge on any atom is -0.379 e. The molecule has 0 saturated heterocycles. The summed E-state index contributed by atoms with van der Waals surface area (Å²) in [6.45, 7) is 2.61. The first-order chi connectivity index (χ1) is 8.47. The second kappa shape index (κ2) is 5.51. The van der Waals surface area contributed by atoms with Crippen molar-refractivity contribution >= 4 is 44.8 Å². The molecule has 2 aromatic rings. The maximum atomic E-state index is 5.95. The zero-order valence-electron chi connectivity index (χ0n) is 9.97. The Labute approximate surface area is 124 Å². The van der Waals surface area contributed by atoms with Crippen LogP contribution < -0.4 is 5.32 Å². The number of aromatic nitrogens is 2. The summed E-state index contributed by atoms with van der Waals surface area (Å²) in [5, 5.41) is 8.85. The van der Waals surface area contributed by atoms with E-state index in [1.165, 1.54) is 0 Å². The van der Waals surface area contributed by atoms with Crippen LogP contribution in [-0.4, -0.2) is 9.78 Å². The minimum absolute atomic E-state index is 0.616. The number of hydrogen-bond donors (Lipinski definition) is 1. The number of nitrogens with one attached hydrogen (secondary N) is 1. The normalized spacial score (nSPS) is 10.7. The highest BCUT2D eigenvalue weighted by molar-refractivity contribution is 9.10. The van der Waals surface area contributed by atoms with Crippen molar-refractivity contribution in [1.29, 1.82) is 0 Å². The number of rotatable bonds is 3. The highest BCUT2D eigenvalue weighted by Gasteiger charge is 2.10. The Morgan fingerprint density at radius 3 is 2.39 bits per heavy atom. The highest BCUT2D eigenvalue weighted by atomic mass is 79.9. The average Bonchev–Trinajstić information content (AvgIpc) is 2.50. The van der Waals surface area contributed by atoms with Crippen molar-refractivity contribution in [2.45, 2.75) is 13.5 Å². The van der Waals surface area contributed by atoms with E-state index in [4.69, 9.17) is 23.2 Å². The molecule has 0 fully saturated rings. The van der Waals surface area contributed by atoms with Crippen molar-refractivity contribution in [2.24, 2.45) is 7.05 Å². The van der Waals surface area contributed by atoms with E-state index in [0.717, 1.165) is 21.5 Å². The number of anilines is 1. The summed E-state index contributed by atoms with van der Waals surface area (Å²) in [5.41, 5.74) is 2.93. The third-order valence-corrected chi connectivity index (χ3v) is 4.05. The van der Waals surface area contributed by atoms with E-state index in [-0.39, 0.29) is 0 Å². The molecule has 0 saturated carbocycles. The van der Waals surface area contributed by atoms with Crippen molar-refractivity contribution in [2.75, 3.05) is 5.32 Å². The first-order valence-electron chi connectivity index (χ1n) is 5.35. The van der Waals surface area contributed by atoms with Crippen molar-refractivity contribution in [3.05, 3.63) is 44.1 Å². The zero-order chi connectivity index (χ0) is 13.3. The molecule has 0 atom stereocenters. The maximum absolute atomic E-state index is 5.95. The molecule has 0 bridgehead atoms. The molecule has 96 valence electrons. The molecule has 1 heterocycles. The van der Waals surface area contributed by atoms with Gasteiger partial charge in [-0.15, -0.1) is 0 Å². The molecule has 0 aliphatic carbocycles. The summed E-state index contributed by atoms with van der Waals surface area (Å²) in [6, 6.07) is 5.38. The number of hydrogen-bond acceptors (Lipinski definition) is 2. The molecular weight excluding hydrogens is 337 g/mol. The second-order valence-corrected chi connectivity index (χ2v) is 5.65. The maximum Gasteiger partial charge on any atom is 0.0739 e. The van der Waals surface area contributed by atoms with Crippen molar-refractivity contribution in [3.8, 4) is 0 Å². The lowest BCUT2D eigenvalue weighted by atomic mass is 10.3. The van der Waals surface area contributed by atoms with Crippen LogP contribution in [0.4, 0.5) is 5.69 Å². The quantitative estimate of drug-likeness (QED) is 0.890. The number of nitrogens with zero attached hydrogens (tertiary/aromatic N) is 2. The lowest BCUT2D eigenvalue weighted by Gasteiger charge is -2.08. The molecule has 3 nitrogen and oxygen atoms in total. The molecular formula is C12H12BrCl2N3. The first kappa shape index (κ1) is 13.7. The molecule has 0 aliphatic heterocycles. The van der Waals surface area contributed by atoms with Gasteiger partial charge in [0.15, 0.2) is 0 Å². The summed E-state index contributed by atoms with van der Waals surface area (Å²) >= 11 is 15.4. The van der Waals surface area contributed by atoms with E-state index in [1.807, 2.05) is 30.8 Å². The fourth-order valence-corrected chi connectivity index (χ4v) is 2.72. The van der Waals surface area contributed by atoms with E-state index in [2.05, 4.69) is 26.3 Å². The lowest BCUT2D eigenvalue weighted by Crippen LogP contribution is -2.06. The van der Waals surface area contributed by atoms with E-state index in [9.17, 15) is 0 Å². The Hall–Kier alpha value is -0.710. The van der Waals surface area contributed by atoms with Gasteiger partial charge in [0.05, 0.1) is 22.4 Å². The third-order valence-electron chi connectivity index (χ3n) is 2.58. The van der Waals surface area contributed by atoms with Gasteiger partial charge in [-0.2, -0.15) is 5.10 Å². The van der Waals surface area contributed by atoms with Gasteiger partial charge in [-0.3, -0.25) is 4.68 Å². The van der Waals surface area contributed by atoms with Gasteiger partial charge in [-0.1, -0.05) is 23.2 Å². The number of halogens is 3. The minimum atomic E-state index is 0.616. The van der Waals surface area contributed by atoms with Crippen molar-refractivity contribution in [3.63, 3.8) is 0 Å². The fourth-order valence-electron chi connectivity index (χ4n) is 1.71. The summed E-state index contributed by atoms with van der Waals surface area (Å²) < 4.78 is 2.86. The van der Waals surface area contributed by atoms with Gasteiger partial charge < -0.3 is 5.32 Å². The van der Waals surface area contributed by atoms with Crippen molar-refractivity contribution < 1.29 is 0 Å². The topological polar surface area (TPSA) is 29.9 Å². The van der Waals surface area contributed by atoms with Gasteiger partial charge in [0.1, 0.15) is 0 Å². The molecule has 1 aromatic carbocycles. The van der Waals surface area contributed by atoms with Crippen LogP contribution in [0.15, 0.2) is 22.7 Å². The summed E-state index contributed by atoms with van der Waals surface area (Å²) in [7, 11) is 1.92. The van der Waals surface area contributed by atoms with Gasteiger partial charge in [0.25, 0.3) is 0 Å². The van der Waals surface area contributed by atoms with Gasteiger partial charge in [-0.05, 0) is 41.1 Å². The van der Waals surface area contributed by atoms with Gasteiger partial charge in [0, 0.05) is 22.8 Å². The van der Waals surface area contributed by atoms with Crippen LogP contribution >= 0.6 is 39.1 Å². The Kier molecular flexibility index (Phi) is 4.20. The van der Waals surface area contributed by atoms with Crippen LogP contribution in [0.1, 0.15) is 11.4 Å². The van der Waals surface area contributed by atoms with Gasteiger partial charge >= 0.3 is 0 Å². The molecule has 0 unspecified atom stereocenters. The Morgan fingerprint density at radius 2 is 1.89 bits per heavy atom. The zero-order valence-corrected chi connectivity index (χ0v) is 13.1. The van der Waals surface area contributed by atoms with E-state index >= 15 is 0 Å². The average molecular weight is 349 g/mol. The summed E-state index contributed by atoms with van der Waals surface area (Å²) in [6.07, 6.45) is 0. The Bertz CT molecular complexity index is 561. The monoisotopic (exact) mass is 347 g/mol. The highest BCUT2D eigenvalue weighted by Crippen LogP contribution is 2.25. The molecule has 1 N–H and O–H groups in total. The number of aryl methyl sites for hydroxylation is 2. The molecule has 0 radical (unpaired) electrons. The molecule has 2 rings (SSSR count). The van der Waals surface area contributed by atoms with E-state index in [0.29, 0.717) is 16.6 Å². The predicted octanol–water partition coefficient (Wildman–Crippen LogP) is 4.41. The van der Waals surface area contributed by atoms with Crippen LogP contribution in [0.25, 0.3) is 0 Å². The Balaban J connectivity index is 2.16. The van der Waals surface area contributed by atoms with Crippen LogP contribution in [0.5, 0.6) is 0 Å². The smallest absolute Gasteiger partial charge is 0.0739 e. The molecule has 1 aromatic heterocycles. The standard InChI is InChI=1S/C12H12BrCl2N3/c1-7-12(13)11(18(2)17-7)6-16-10-4-8(14)3-9(15)5-10/h3-5,16H,6H2,1-2H3. The third kappa shape index (κ3) is 2.99. The van der Waals surface area contributed by atoms with E-state index in [1.54, 1.807) is 6.07 Å². The molecule has 0 aliphatic rings. The van der Waals surface area contributed by atoms with E-state index < -0.39 is 0 Å². The van der Waals surface area contributed by atoms with Crippen LogP contribution in [0.2, 0.25) is 10.0 Å². The lowest BCUT2D eigenvalue weighted by molar-refractivity contribution is 0.712. The summed E-state index contributed by atoms with van der Waals surface area (Å²) in [4.78, 5) is 0.